The van der Waals surface area contributed by atoms with Crippen molar-refractivity contribution < 1.29 is 19.4 Å². The van der Waals surface area contributed by atoms with Crippen LogP contribution in [0, 0.1) is 0 Å². The maximum atomic E-state index is 12.2. The first-order valence-electron chi connectivity index (χ1n) is 7.64. The molecule has 2 aromatic rings. The van der Waals surface area contributed by atoms with Gasteiger partial charge in [0.05, 0.1) is 30.4 Å². The van der Waals surface area contributed by atoms with E-state index in [0.29, 0.717) is 11.4 Å². The Morgan fingerprint density at radius 1 is 1.33 bits per heavy atom. The van der Waals surface area contributed by atoms with Gasteiger partial charge < -0.3 is 15.2 Å². The highest BCUT2D eigenvalue weighted by atomic mass is 16.5. The van der Waals surface area contributed by atoms with Crippen molar-refractivity contribution in [2.45, 2.75) is 26.3 Å². The number of benzene rings is 1. The fraction of sp³-hybridized carbons (Fsp3) is 0.353. The Morgan fingerprint density at radius 2 is 2.04 bits per heavy atom. The van der Waals surface area contributed by atoms with Crippen molar-refractivity contribution in [2.24, 2.45) is 7.05 Å². The molecular formula is C17H21N3O4. The first-order valence-corrected chi connectivity index (χ1v) is 7.64. The lowest BCUT2D eigenvalue weighted by Gasteiger charge is -2.09. The maximum Gasteiger partial charge on any atom is 0.335 e. The minimum absolute atomic E-state index is 0.00646. The van der Waals surface area contributed by atoms with Gasteiger partial charge in [0.25, 0.3) is 0 Å². The molecule has 0 bridgehead atoms. The van der Waals surface area contributed by atoms with Crippen molar-refractivity contribution in [3.05, 3.63) is 46.6 Å². The van der Waals surface area contributed by atoms with Gasteiger partial charge in [0.1, 0.15) is 0 Å². The highest BCUT2D eigenvalue weighted by molar-refractivity contribution is 5.91. The van der Waals surface area contributed by atoms with Gasteiger partial charge in [0.15, 0.2) is 0 Å². The second kappa shape index (κ2) is 7.63. The molecular weight excluding hydrogens is 310 g/mol. The number of aromatic carboxylic acids is 1. The average molecular weight is 331 g/mol. The Bertz CT molecular complexity index is 752. The van der Waals surface area contributed by atoms with Gasteiger partial charge in [-0.15, -0.1) is 0 Å². The van der Waals surface area contributed by atoms with Gasteiger partial charge in [-0.1, -0.05) is 25.1 Å². The maximum absolute atomic E-state index is 12.2. The molecule has 0 atom stereocenters. The Hall–Kier alpha value is -2.83. The minimum atomic E-state index is -1.04. The van der Waals surface area contributed by atoms with Crippen molar-refractivity contribution in [2.75, 3.05) is 7.11 Å². The van der Waals surface area contributed by atoms with Crippen LogP contribution >= 0.6 is 0 Å². The normalized spacial score (nSPS) is 10.5. The van der Waals surface area contributed by atoms with E-state index in [0.717, 1.165) is 17.7 Å². The summed E-state index contributed by atoms with van der Waals surface area (Å²) in [6, 6.07) is 6.49. The standard InChI is InChI=1S/C17H21N3O4/c1-4-14-13(16(24-3)20(2)19-14)10-18-15(21)9-11-7-5-6-8-12(11)17(22)23/h5-8H,4,9-10H2,1-3H3,(H,18,21)(H,22,23). The molecule has 1 heterocycles. The van der Waals surface area contributed by atoms with E-state index >= 15 is 0 Å². The molecule has 2 N–H and O–H groups in total. The fourth-order valence-electron chi connectivity index (χ4n) is 2.63. The molecule has 7 nitrogen and oxygen atoms in total. The summed E-state index contributed by atoms with van der Waals surface area (Å²) in [5, 5.41) is 16.3. The Morgan fingerprint density at radius 3 is 2.67 bits per heavy atom. The van der Waals surface area contributed by atoms with E-state index in [2.05, 4.69) is 10.4 Å². The number of nitrogens with zero attached hydrogens (tertiary/aromatic N) is 2. The molecule has 1 amide bonds. The van der Waals surface area contributed by atoms with Gasteiger partial charge in [0, 0.05) is 13.6 Å². The predicted octanol–water partition coefficient (Wildman–Crippen LogP) is 1.55. The van der Waals surface area contributed by atoms with Crippen LogP contribution in [0.25, 0.3) is 0 Å². The minimum Gasteiger partial charge on any atom is -0.481 e. The molecule has 0 radical (unpaired) electrons. The molecule has 0 saturated heterocycles. The van der Waals surface area contributed by atoms with Crippen molar-refractivity contribution in [3.8, 4) is 5.88 Å². The second-order valence-corrected chi connectivity index (χ2v) is 5.33. The van der Waals surface area contributed by atoms with Crippen LogP contribution < -0.4 is 10.1 Å². The lowest BCUT2D eigenvalue weighted by molar-refractivity contribution is -0.120. The fourth-order valence-corrected chi connectivity index (χ4v) is 2.63. The highest BCUT2D eigenvalue weighted by Gasteiger charge is 2.17. The topological polar surface area (TPSA) is 93.5 Å². The third-order valence-corrected chi connectivity index (χ3v) is 3.76. The van der Waals surface area contributed by atoms with E-state index < -0.39 is 5.97 Å². The van der Waals surface area contributed by atoms with Crippen LogP contribution in [0.2, 0.25) is 0 Å². The van der Waals surface area contributed by atoms with E-state index in [-0.39, 0.29) is 24.4 Å². The van der Waals surface area contributed by atoms with Crippen molar-refractivity contribution >= 4 is 11.9 Å². The molecule has 0 aliphatic carbocycles. The number of hydrogen-bond acceptors (Lipinski definition) is 4. The van der Waals surface area contributed by atoms with E-state index in [4.69, 9.17) is 9.84 Å². The van der Waals surface area contributed by atoms with Crippen LogP contribution in [-0.4, -0.2) is 33.9 Å². The number of carbonyl (C=O) groups is 2. The lowest BCUT2D eigenvalue weighted by Crippen LogP contribution is -2.25. The molecule has 24 heavy (non-hydrogen) atoms. The molecule has 0 unspecified atom stereocenters. The molecule has 0 aliphatic rings. The summed E-state index contributed by atoms with van der Waals surface area (Å²) in [5.41, 5.74) is 2.32. The summed E-state index contributed by atoms with van der Waals surface area (Å²) in [7, 11) is 3.34. The van der Waals surface area contributed by atoms with E-state index in [1.54, 1.807) is 37.0 Å². The number of carbonyl (C=O) groups excluding carboxylic acids is 1. The van der Waals surface area contributed by atoms with Crippen LogP contribution in [0.1, 0.15) is 34.1 Å². The molecule has 0 spiro atoms. The van der Waals surface area contributed by atoms with Crippen LogP contribution in [0.5, 0.6) is 5.88 Å². The zero-order valence-corrected chi connectivity index (χ0v) is 14.0. The number of amides is 1. The SMILES string of the molecule is CCc1nn(C)c(OC)c1CNC(=O)Cc1ccccc1C(=O)O. The van der Waals surface area contributed by atoms with Crippen molar-refractivity contribution in [1.82, 2.24) is 15.1 Å². The third-order valence-electron chi connectivity index (χ3n) is 3.76. The monoisotopic (exact) mass is 331 g/mol. The Balaban J connectivity index is 2.09. The van der Waals surface area contributed by atoms with Gasteiger partial charge in [-0.3, -0.25) is 4.79 Å². The number of nitrogens with one attached hydrogen (secondary N) is 1. The number of carboxylic acids is 1. The van der Waals surface area contributed by atoms with Crippen LogP contribution in [0.15, 0.2) is 24.3 Å². The van der Waals surface area contributed by atoms with Gasteiger partial charge >= 0.3 is 5.97 Å². The third kappa shape index (κ3) is 3.73. The molecule has 1 aromatic carbocycles. The first-order chi connectivity index (χ1) is 11.5. The summed E-state index contributed by atoms with van der Waals surface area (Å²) in [5.74, 6) is -0.685. The molecule has 0 fully saturated rings. The van der Waals surface area contributed by atoms with Gasteiger partial charge in [-0.25, -0.2) is 9.48 Å². The zero-order chi connectivity index (χ0) is 17.7. The highest BCUT2D eigenvalue weighted by Crippen LogP contribution is 2.21. The molecule has 7 heteroatoms. The summed E-state index contributed by atoms with van der Waals surface area (Å²) >= 11 is 0. The number of ether oxygens (including phenoxy) is 1. The number of aryl methyl sites for hydroxylation is 2. The summed E-state index contributed by atoms with van der Waals surface area (Å²) in [6.45, 7) is 2.27. The number of hydrogen-bond donors (Lipinski definition) is 2. The summed E-state index contributed by atoms with van der Waals surface area (Å²) < 4.78 is 6.97. The Labute approximate surface area is 140 Å². The second-order valence-electron chi connectivity index (χ2n) is 5.33. The van der Waals surface area contributed by atoms with Gasteiger partial charge in [-0.2, -0.15) is 5.10 Å². The molecule has 0 saturated carbocycles. The number of carboxylic acid groups (broad SMARTS) is 1. The van der Waals surface area contributed by atoms with Crippen LogP contribution in [-0.2, 0) is 31.2 Å². The largest absolute Gasteiger partial charge is 0.481 e. The van der Waals surface area contributed by atoms with E-state index in [9.17, 15) is 9.59 Å². The summed E-state index contributed by atoms with van der Waals surface area (Å²) in [6.07, 6.45) is 0.733. The van der Waals surface area contributed by atoms with Crippen molar-refractivity contribution in [3.63, 3.8) is 0 Å². The van der Waals surface area contributed by atoms with Crippen LogP contribution in [0.3, 0.4) is 0 Å². The lowest BCUT2D eigenvalue weighted by atomic mass is 10.0. The number of rotatable bonds is 7. The molecule has 1 aromatic heterocycles. The molecule has 0 aliphatic heterocycles. The zero-order valence-electron chi connectivity index (χ0n) is 14.0. The van der Waals surface area contributed by atoms with Gasteiger partial charge in [0.2, 0.25) is 11.8 Å². The Kier molecular flexibility index (Phi) is 5.57. The number of aromatic nitrogens is 2. The number of methoxy groups -OCH3 is 1. The molecule has 128 valence electrons. The quantitative estimate of drug-likeness (QED) is 0.803. The van der Waals surface area contributed by atoms with Crippen LogP contribution in [0.4, 0.5) is 0 Å². The average Bonchev–Trinajstić information content (AvgIpc) is 2.88. The predicted molar refractivity (Wildman–Crippen MR) is 88.1 cm³/mol. The van der Waals surface area contributed by atoms with Crippen molar-refractivity contribution in [1.29, 1.82) is 0 Å². The van der Waals surface area contributed by atoms with Gasteiger partial charge in [-0.05, 0) is 18.1 Å². The van der Waals surface area contributed by atoms with E-state index in [1.807, 2.05) is 6.92 Å². The smallest absolute Gasteiger partial charge is 0.335 e. The van der Waals surface area contributed by atoms with E-state index in [1.165, 1.54) is 6.07 Å². The first kappa shape index (κ1) is 17.5. The summed E-state index contributed by atoms with van der Waals surface area (Å²) in [4.78, 5) is 23.4. The molecule has 2 rings (SSSR count).